The Balaban J connectivity index is 2.06. The van der Waals surface area contributed by atoms with E-state index in [4.69, 9.17) is 5.73 Å². The first-order valence-corrected chi connectivity index (χ1v) is 8.04. The van der Waals surface area contributed by atoms with Crippen LogP contribution in [0.1, 0.15) is 25.3 Å². The third kappa shape index (κ3) is 3.96. The molecule has 5 nitrogen and oxygen atoms in total. The van der Waals surface area contributed by atoms with Gasteiger partial charge in [0.15, 0.2) is 15.8 Å². The second-order valence-electron chi connectivity index (χ2n) is 4.67. The zero-order valence-corrected chi connectivity index (χ0v) is 11.8. The van der Waals surface area contributed by atoms with Gasteiger partial charge in [-0.05, 0) is 30.5 Å². The van der Waals surface area contributed by atoms with Gasteiger partial charge in [0.1, 0.15) is 0 Å². The summed E-state index contributed by atoms with van der Waals surface area (Å²) < 4.78 is 23.5. The number of aliphatic imine (C=N–C) groups is 1. The van der Waals surface area contributed by atoms with Crippen LogP contribution in [0.15, 0.2) is 34.2 Å². The number of nitrogens with one attached hydrogen (secondary N) is 1. The normalized spacial score (nSPS) is 16.4. The molecule has 0 radical (unpaired) electrons. The predicted molar refractivity (Wildman–Crippen MR) is 75.7 cm³/mol. The van der Waals surface area contributed by atoms with Crippen molar-refractivity contribution in [2.45, 2.75) is 37.2 Å². The number of hydrogen-bond acceptors (Lipinski definition) is 3. The fraction of sp³-hybridized carbons (Fsp3) is 0.462. The van der Waals surface area contributed by atoms with Crippen LogP contribution in [0.5, 0.6) is 0 Å². The highest BCUT2D eigenvalue weighted by molar-refractivity contribution is 7.91. The molecule has 0 spiro atoms. The van der Waals surface area contributed by atoms with Crippen molar-refractivity contribution in [1.82, 2.24) is 5.32 Å². The lowest BCUT2D eigenvalue weighted by molar-refractivity contribution is 0.597. The summed E-state index contributed by atoms with van der Waals surface area (Å²) in [5.41, 5.74) is 6.58. The van der Waals surface area contributed by atoms with Crippen molar-refractivity contribution in [2.75, 3.05) is 5.75 Å². The summed E-state index contributed by atoms with van der Waals surface area (Å²) in [5, 5.41) is 3.09. The van der Waals surface area contributed by atoms with E-state index >= 15 is 0 Å². The van der Waals surface area contributed by atoms with Crippen molar-refractivity contribution in [3.05, 3.63) is 29.8 Å². The van der Waals surface area contributed by atoms with Crippen molar-refractivity contribution in [2.24, 2.45) is 10.7 Å². The molecule has 1 saturated carbocycles. The van der Waals surface area contributed by atoms with E-state index in [1.807, 2.05) is 6.07 Å². The van der Waals surface area contributed by atoms with Gasteiger partial charge in [0.05, 0.1) is 17.2 Å². The van der Waals surface area contributed by atoms with Crippen LogP contribution in [-0.2, 0) is 16.4 Å². The van der Waals surface area contributed by atoms with E-state index in [0.717, 1.165) is 18.4 Å². The molecular formula is C13H19N3O2S. The van der Waals surface area contributed by atoms with E-state index in [1.165, 1.54) is 0 Å². The zero-order valence-electron chi connectivity index (χ0n) is 11.0. The van der Waals surface area contributed by atoms with E-state index in [-0.39, 0.29) is 5.75 Å². The summed E-state index contributed by atoms with van der Waals surface area (Å²) in [6.07, 6.45) is 2.28. The Hall–Kier alpha value is -1.56. The molecule has 0 amide bonds. The Morgan fingerprint density at radius 1 is 1.47 bits per heavy atom. The number of hydrogen-bond donors (Lipinski definition) is 2. The zero-order chi connectivity index (χ0) is 13.9. The van der Waals surface area contributed by atoms with Crippen LogP contribution in [0.3, 0.4) is 0 Å². The minimum atomic E-state index is -3.16. The van der Waals surface area contributed by atoms with Crippen molar-refractivity contribution in [3.8, 4) is 0 Å². The van der Waals surface area contributed by atoms with Gasteiger partial charge in [-0.2, -0.15) is 0 Å². The van der Waals surface area contributed by atoms with Crippen LogP contribution in [0, 0.1) is 0 Å². The third-order valence-corrected chi connectivity index (χ3v) is 4.73. The van der Waals surface area contributed by atoms with E-state index in [1.54, 1.807) is 25.1 Å². The predicted octanol–water partition coefficient (Wildman–Crippen LogP) is 1.05. The van der Waals surface area contributed by atoms with E-state index in [9.17, 15) is 8.42 Å². The van der Waals surface area contributed by atoms with Crippen LogP contribution in [0.25, 0.3) is 0 Å². The van der Waals surface area contributed by atoms with Crippen LogP contribution < -0.4 is 11.1 Å². The highest BCUT2D eigenvalue weighted by Crippen LogP contribution is 2.18. The minimum Gasteiger partial charge on any atom is -0.370 e. The van der Waals surface area contributed by atoms with E-state index in [0.29, 0.717) is 23.4 Å². The second kappa shape index (κ2) is 5.61. The molecule has 1 aromatic rings. The number of guanidine groups is 1. The third-order valence-electron chi connectivity index (χ3n) is 3.00. The van der Waals surface area contributed by atoms with E-state index < -0.39 is 9.84 Å². The van der Waals surface area contributed by atoms with Gasteiger partial charge in [0.2, 0.25) is 0 Å². The number of sulfone groups is 1. The van der Waals surface area contributed by atoms with Crippen LogP contribution >= 0.6 is 0 Å². The lowest BCUT2D eigenvalue weighted by Crippen LogP contribution is -2.33. The Labute approximate surface area is 113 Å². The van der Waals surface area contributed by atoms with Crippen LogP contribution in [0.4, 0.5) is 0 Å². The average Bonchev–Trinajstić information content (AvgIpc) is 3.20. The number of nitrogens with two attached hydrogens (primary N) is 1. The molecule has 0 aliphatic heterocycles. The number of rotatable bonds is 5. The van der Waals surface area contributed by atoms with Gasteiger partial charge in [0.25, 0.3) is 0 Å². The van der Waals surface area contributed by atoms with Gasteiger partial charge >= 0.3 is 0 Å². The Morgan fingerprint density at radius 2 is 2.21 bits per heavy atom. The fourth-order valence-electron chi connectivity index (χ4n) is 1.66. The lowest BCUT2D eigenvalue weighted by Gasteiger charge is -2.05. The molecule has 104 valence electrons. The summed E-state index contributed by atoms with van der Waals surface area (Å²) in [4.78, 5) is 4.56. The molecule has 6 heteroatoms. The molecule has 0 heterocycles. The summed E-state index contributed by atoms with van der Waals surface area (Å²) in [7, 11) is -3.16. The molecular weight excluding hydrogens is 262 g/mol. The Morgan fingerprint density at radius 3 is 2.84 bits per heavy atom. The highest BCUT2D eigenvalue weighted by Gasteiger charge is 2.21. The number of nitrogens with zero attached hydrogens (tertiary/aromatic N) is 1. The first-order chi connectivity index (χ1) is 9.01. The maximum Gasteiger partial charge on any atom is 0.189 e. The topological polar surface area (TPSA) is 84.5 Å². The Kier molecular flexibility index (Phi) is 4.09. The van der Waals surface area contributed by atoms with E-state index in [2.05, 4.69) is 10.3 Å². The summed E-state index contributed by atoms with van der Waals surface area (Å²) in [5.74, 6) is 0.525. The first-order valence-electron chi connectivity index (χ1n) is 6.39. The minimum absolute atomic E-state index is 0.102. The summed E-state index contributed by atoms with van der Waals surface area (Å²) in [6.45, 7) is 2.02. The molecule has 0 unspecified atom stereocenters. The molecule has 0 saturated heterocycles. The molecule has 3 N–H and O–H groups in total. The van der Waals surface area contributed by atoms with Crippen molar-refractivity contribution in [3.63, 3.8) is 0 Å². The molecule has 0 atom stereocenters. The van der Waals surface area contributed by atoms with Gasteiger partial charge in [-0.15, -0.1) is 0 Å². The van der Waals surface area contributed by atoms with Crippen molar-refractivity contribution in [1.29, 1.82) is 0 Å². The van der Waals surface area contributed by atoms with Gasteiger partial charge < -0.3 is 11.1 Å². The molecule has 19 heavy (non-hydrogen) atoms. The van der Waals surface area contributed by atoms with Crippen LogP contribution in [-0.4, -0.2) is 26.2 Å². The van der Waals surface area contributed by atoms with Crippen molar-refractivity contribution >= 4 is 15.8 Å². The van der Waals surface area contributed by atoms with Gasteiger partial charge in [0, 0.05) is 6.04 Å². The lowest BCUT2D eigenvalue weighted by atomic mass is 10.2. The maximum absolute atomic E-state index is 11.8. The first kappa shape index (κ1) is 13.9. The maximum atomic E-state index is 11.8. The smallest absolute Gasteiger partial charge is 0.189 e. The Bertz CT molecular complexity index is 577. The molecule has 1 fully saturated rings. The van der Waals surface area contributed by atoms with Gasteiger partial charge in [-0.3, -0.25) is 0 Å². The number of benzene rings is 1. The van der Waals surface area contributed by atoms with Crippen molar-refractivity contribution < 1.29 is 8.42 Å². The molecule has 1 aliphatic rings. The highest BCUT2D eigenvalue weighted by atomic mass is 32.2. The standard InChI is InChI=1S/C13H19N3O2S/c1-2-19(17,18)12-5-3-4-10(8-12)9-15-13(14)16-11-6-7-11/h3-5,8,11H,2,6-7,9H2,1H3,(H3,14,15,16). The van der Waals surface area contributed by atoms with Crippen LogP contribution in [0.2, 0.25) is 0 Å². The summed E-state index contributed by atoms with van der Waals surface area (Å²) >= 11 is 0. The van der Waals surface area contributed by atoms with Gasteiger partial charge in [-0.1, -0.05) is 19.1 Å². The molecule has 1 aromatic carbocycles. The summed E-state index contributed by atoms with van der Waals surface area (Å²) in [6, 6.07) is 7.32. The quantitative estimate of drug-likeness (QED) is 0.624. The van der Waals surface area contributed by atoms with Gasteiger partial charge in [-0.25, -0.2) is 13.4 Å². The fourth-order valence-corrected chi connectivity index (χ4v) is 2.61. The molecule has 0 bridgehead atoms. The molecule has 2 rings (SSSR count). The molecule has 0 aromatic heterocycles. The molecule has 1 aliphatic carbocycles. The monoisotopic (exact) mass is 281 g/mol. The SMILES string of the molecule is CCS(=O)(=O)c1cccc(CN=C(N)NC2CC2)c1. The average molecular weight is 281 g/mol. The largest absolute Gasteiger partial charge is 0.370 e. The second-order valence-corrected chi connectivity index (χ2v) is 6.95.